The Labute approximate surface area is 93.1 Å². The van der Waals surface area contributed by atoms with E-state index in [-0.39, 0.29) is 12.5 Å². The maximum atomic E-state index is 13.6. The predicted octanol–water partition coefficient (Wildman–Crippen LogP) is 1.96. The van der Waals surface area contributed by atoms with Crippen molar-refractivity contribution in [1.29, 1.82) is 0 Å². The van der Waals surface area contributed by atoms with Crippen molar-refractivity contribution >= 4 is 5.97 Å². The summed E-state index contributed by atoms with van der Waals surface area (Å²) in [5.41, 5.74) is 0.630. The molecule has 0 amide bonds. The Morgan fingerprint density at radius 3 is 3.00 bits per heavy atom. The number of hydrogen-bond acceptors (Lipinski definition) is 2. The van der Waals surface area contributed by atoms with Crippen LogP contribution < -0.4 is 0 Å². The number of hydrogen-bond donors (Lipinski definition) is 1. The SMILES string of the molecule is O=C(O)Cc1cnn(C2CCCCC2F)c1. The Morgan fingerprint density at radius 1 is 1.56 bits per heavy atom. The molecule has 16 heavy (non-hydrogen) atoms. The zero-order valence-electron chi connectivity index (χ0n) is 8.97. The lowest BCUT2D eigenvalue weighted by Crippen LogP contribution is -2.24. The van der Waals surface area contributed by atoms with Gasteiger partial charge in [-0.2, -0.15) is 5.10 Å². The third-order valence-corrected chi connectivity index (χ3v) is 3.00. The van der Waals surface area contributed by atoms with Gasteiger partial charge in [0.2, 0.25) is 0 Å². The van der Waals surface area contributed by atoms with Crippen molar-refractivity contribution in [1.82, 2.24) is 9.78 Å². The van der Waals surface area contributed by atoms with Gasteiger partial charge in [0.15, 0.2) is 0 Å². The lowest BCUT2D eigenvalue weighted by molar-refractivity contribution is -0.136. The third kappa shape index (κ3) is 2.40. The monoisotopic (exact) mass is 226 g/mol. The van der Waals surface area contributed by atoms with E-state index in [1.807, 2.05) is 0 Å². The maximum Gasteiger partial charge on any atom is 0.307 e. The van der Waals surface area contributed by atoms with Gasteiger partial charge in [-0.3, -0.25) is 9.48 Å². The van der Waals surface area contributed by atoms with E-state index in [2.05, 4.69) is 5.10 Å². The molecule has 1 aromatic heterocycles. The molecule has 0 bridgehead atoms. The number of rotatable bonds is 3. The molecule has 1 N–H and O–H groups in total. The zero-order chi connectivity index (χ0) is 11.5. The van der Waals surface area contributed by atoms with Crippen LogP contribution in [0.5, 0.6) is 0 Å². The van der Waals surface area contributed by atoms with Crippen molar-refractivity contribution in [3.63, 3.8) is 0 Å². The molecule has 1 aliphatic carbocycles. The summed E-state index contributed by atoms with van der Waals surface area (Å²) in [5, 5.41) is 12.7. The number of aliphatic carboxylic acids is 1. The molecule has 1 aliphatic rings. The van der Waals surface area contributed by atoms with Gasteiger partial charge in [0.1, 0.15) is 6.17 Å². The molecule has 1 heterocycles. The van der Waals surface area contributed by atoms with E-state index < -0.39 is 12.1 Å². The number of carbonyl (C=O) groups is 1. The Hall–Kier alpha value is -1.39. The molecule has 0 radical (unpaired) electrons. The summed E-state index contributed by atoms with van der Waals surface area (Å²) in [7, 11) is 0. The van der Waals surface area contributed by atoms with Crippen molar-refractivity contribution in [3.8, 4) is 0 Å². The number of alkyl halides is 1. The molecule has 1 saturated carbocycles. The van der Waals surface area contributed by atoms with E-state index in [4.69, 9.17) is 5.11 Å². The van der Waals surface area contributed by atoms with Crippen LogP contribution in [-0.4, -0.2) is 27.0 Å². The summed E-state index contributed by atoms with van der Waals surface area (Å²) in [5.74, 6) is -0.889. The van der Waals surface area contributed by atoms with Gasteiger partial charge in [-0.25, -0.2) is 4.39 Å². The fourth-order valence-corrected chi connectivity index (χ4v) is 2.19. The average molecular weight is 226 g/mol. The van der Waals surface area contributed by atoms with E-state index in [1.54, 1.807) is 10.9 Å². The van der Waals surface area contributed by atoms with Gasteiger partial charge in [0.25, 0.3) is 0 Å². The molecule has 0 aliphatic heterocycles. The second-order valence-electron chi connectivity index (χ2n) is 4.27. The summed E-state index contributed by atoms with van der Waals surface area (Å²) >= 11 is 0. The zero-order valence-corrected chi connectivity index (χ0v) is 8.97. The van der Waals surface area contributed by atoms with Crippen LogP contribution >= 0.6 is 0 Å². The minimum Gasteiger partial charge on any atom is -0.481 e. The first-order valence-electron chi connectivity index (χ1n) is 5.55. The fraction of sp³-hybridized carbons (Fsp3) is 0.636. The first-order chi connectivity index (χ1) is 7.66. The molecule has 5 heteroatoms. The van der Waals surface area contributed by atoms with Gasteiger partial charge in [0.05, 0.1) is 18.7 Å². The summed E-state index contributed by atoms with van der Waals surface area (Å²) in [6, 6.07) is -0.212. The summed E-state index contributed by atoms with van der Waals surface area (Å²) in [6.45, 7) is 0. The normalized spacial score (nSPS) is 25.6. The molecule has 1 aromatic rings. The van der Waals surface area contributed by atoms with E-state index in [0.717, 1.165) is 19.3 Å². The Bertz CT molecular complexity index is 378. The van der Waals surface area contributed by atoms with Gasteiger partial charge in [0, 0.05) is 11.8 Å². The van der Waals surface area contributed by atoms with Crippen LogP contribution in [0.25, 0.3) is 0 Å². The van der Waals surface area contributed by atoms with Gasteiger partial charge in [-0.15, -0.1) is 0 Å². The van der Waals surface area contributed by atoms with Crippen LogP contribution in [0.15, 0.2) is 12.4 Å². The van der Waals surface area contributed by atoms with Gasteiger partial charge < -0.3 is 5.11 Å². The van der Waals surface area contributed by atoms with Crippen LogP contribution in [0, 0.1) is 0 Å². The standard InChI is InChI=1S/C11H15FN2O2/c12-9-3-1-2-4-10(9)14-7-8(6-13-14)5-11(15)16/h6-7,9-10H,1-5H2,(H,15,16). The maximum absolute atomic E-state index is 13.6. The molecule has 0 saturated heterocycles. The molecule has 2 atom stereocenters. The van der Waals surface area contributed by atoms with E-state index in [9.17, 15) is 9.18 Å². The highest BCUT2D eigenvalue weighted by Crippen LogP contribution is 2.30. The summed E-state index contributed by atoms with van der Waals surface area (Å²) in [6.07, 6.45) is 5.57. The van der Waals surface area contributed by atoms with Gasteiger partial charge in [-0.1, -0.05) is 12.8 Å². The van der Waals surface area contributed by atoms with Crippen molar-refractivity contribution in [2.45, 2.75) is 44.3 Å². The quantitative estimate of drug-likeness (QED) is 0.857. The summed E-state index contributed by atoms with van der Waals surface area (Å²) < 4.78 is 15.2. The minimum atomic E-state index is -0.889. The second kappa shape index (κ2) is 4.63. The minimum absolute atomic E-state index is 0.0519. The van der Waals surface area contributed by atoms with Crippen LogP contribution in [0.3, 0.4) is 0 Å². The van der Waals surface area contributed by atoms with Gasteiger partial charge in [-0.05, 0) is 12.8 Å². The predicted molar refractivity (Wildman–Crippen MR) is 56.0 cm³/mol. The topological polar surface area (TPSA) is 55.1 Å². The summed E-state index contributed by atoms with van der Waals surface area (Å²) in [4.78, 5) is 10.5. The van der Waals surface area contributed by atoms with Crippen LogP contribution in [0.4, 0.5) is 4.39 Å². The van der Waals surface area contributed by atoms with Crippen molar-refractivity contribution in [2.75, 3.05) is 0 Å². The first kappa shape index (κ1) is 11.1. The number of aromatic nitrogens is 2. The smallest absolute Gasteiger partial charge is 0.307 e. The Morgan fingerprint density at radius 2 is 2.31 bits per heavy atom. The van der Waals surface area contributed by atoms with Gasteiger partial charge >= 0.3 is 5.97 Å². The molecular weight excluding hydrogens is 211 g/mol. The number of carboxylic acid groups (broad SMARTS) is 1. The lowest BCUT2D eigenvalue weighted by atomic mass is 9.94. The molecule has 2 rings (SSSR count). The highest BCUT2D eigenvalue weighted by molar-refractivity contribution is 5.69. The number of halogens is 1. The Balaban J connectivity index is 2.08. The number of nitrogens with zero attached hydrogens (tertiary/aromatic N) is 2. The fourth-order valence-electron chi connectivity index (χ4n) is 2.19. The van der Waals surface area contributed by atoms with Crippen molar-refractivity contribution in [2.24, 2.45) is 0 Å². The van der Waals surface area contributed by atoms with E-state index >= 15 is 0 Å². The molecule has 1 fully saturated rings. The molecule has 2 unspecified atom stereocenters. The van der Waals surface area contributed by atoms with Crippen molar-refractivity contribution < 1.29 is 14.3 Å². The molecule has 88 valence electrons. The van der Waals surface area contributed by atoms with E-state index in [1.165, 1.54) is 6.20 Å². The molecule has 0 aromatic carbocycles. The van der Waals surface area contributed by atoms with Crippen LogP contribution in [0.1, 0.15) is 37.3 Å². The molecule has 0 spiro atoms. The highest BCUT2D eigenvalue weighted by Gasteiger charge is 2.26. The second-order valence-corrected chi connectivity index (χ2v) is 4.27. The van der Waals surface area contributed by atoms with Crippen LogP contribution in [0.2, 0.25) is 0 Å². The molecule has 4 nitrogen and oxygen atoms in total. The van der Waals surface area contributed by atoms with Crippen molar-refractivity contribution in [3.05, 3.63) is 18.0 Å². The lowest BCUT2D eigenvalue weighted by Gasteiger charge is -2.25. The largest absolute Gasteiger partial charge is 0.481 e. The van der Waals surface area contributed by atoms with E-state index in [0.29, 0.717) is 12.0 Å². The Kier molecular flexibility index (Phi) is 3.22. The highest BCUT2D eigenvalue weighted by atomic mass is 19.1. The van der Waals surface area contributed by atoms with Crippen LogP contribution in [-0.2, 0) is 11.2 Å². The third-order valence-electron chi connectivity index (χ3n) is 3.00. The first-order valence-corrected chi connectivity index (χ1v) is 5.55. The number of carboxylic acids is 1. The average Bonchev–Trinajstić information content (AvgIpc) is 2.66. The molecular formula is C11H15FN2O2.